The molecule has 6 heteroatoms. The molecule has 2 rings (SSSR count). The van der Waals surface area contributed by atoms with Gasteiger partial charge < -0.3 is 20.0 Å². The lowest BCUT2D eigenvalue weighted by atomic mass is 10.2. The van der Waals surface area contributed by atoms with E-state index in [2.05, 4.69) is 36.3 Å². The van der Waals surface area contributed by atoms with Gasteiger partial charge in [-0.3, -0.25) is 9.59 Å². The fourth-order valence-corrected chi connectivity index (χ4v) is 2.75. The number of nitrogens with one attached hydrogen (secondary N) is 2. The van der Waals surface area contributed by atoms with Crippen LogP contribution in [0.2, 0.25) is 0 Å². The first-order chi connectivity index (χ1) is 12.5. The quantitative estimate of drug-likeness (QED) is 0.672. The maximum absolute atomic E-state index is 12.0. The number of carbonyl (C=O) groups is 2. The molecular weight excluding hydrogens is 330 g/mol. The van der Waals surface area contributed by atoms with Crippen molar-refractivity contribution < 1.29 is 14.0 Å². The van der Waals surface area contributed by atoms with Crippen LogP contribution in [0.15, 0.2) is 47.1 Å². The van der Waals surface area contributed by atoms with Crippen molar-refractivity contribution >= 4 is 23.2 Å². The minimum atomic E-state index is -0.267. The zero-order valence-electron chi connectivity index (χ0n) is 15.6. The molecule has 0 saturated carbocycles. The van der Waals surface area contributed by atoms with Gasteiger partial charge in [-0.25, -0.2) is 0 Å². The largest absolute Gasteiger partial charge is 0.459 e. The molecule has 0 aliphatic rings. The van der Waals surface area contributed by atoms with Crippen LogP contribution >= 0.6 is 0 Å². The Kier molecular flexibility index (Phi) is 7.26. The van der Waals surface area contributed by atoms with Crippen molar-refractivity contribution in [3.63, 3.8) is 0 Å². The normalized spacial score (nSPS) is 10.6. The van der Waals surface area contributed by atoms with E-state index in [1.54, 1.807) is 12.1 Å². The second-order valence-corrected chi connectivity index (χ2v) is 6.31. The molecule has 2 N–H and O–H groups in total. The first-order valence-electron chi connectivity index (χ1n) is 8.99. The Hall–Kier alpha value is -2.76. The predicted molar refractivity (Wildman–Crippen MR) is 104 cm³/mol. The summed E-state index contributed by atoms with van der Waals surface area (Å²) in [5.74, 6) is -0.0603. The molecule has 140 valence electrons. The first-order valence-corrected chi connectivity index (χ1v) is 8.99. The van der Waals surface area contributed by atoms with Crippen molar-refractivity contribution in [3.8, 4) is 0 Å². The molecule has 26 heavy (non-hydrogen) atoms. The van der Waals surface area contributed by atoms with Crippen molar-refractivity contribution in [2.75, 3.05) is 23.3 Å². The highest BCUT2D eigenvalue weighted by Crippen LogP contribution is 2.20. The maximum atomic E-state index is 12.0. The molecule has 0 fully saturated rings. The Morgan fingerprint density at radius 3 is 2.46 bits per heavy atom. The summed E-state index contributed by atoms with van der Waals surface area (Å²) in [6.45, 7) is 7.80. The third-order valence-electron chi connectivity index (χ3n) is 4.06. The van der Waals surface area contributed by atoms with Gasteiger partial charge in [0.15, 0.2) is 5.76 Å². The summed E-state index contributed by atoms with van der Waals surface area (Å²) in [5.41, 5.74) is 1.92. The minimum absolute atomic E-state index is 0.0683. The Morgan fingerprint density at radius 2 is 1.88 bits per heavy atom. The molecular formula is C20H27N3O3. The molecule has 0 saturated heterocycles. The summed E-state index contributed by atoms with van der Waals surface area (Å²) >= 11 is 0. The number of rotatable bonds is 9. The zero-order valence-corrected chi connectivity index (χ0v) is 15.6. The number of furan rings is 1. The average molecular weight is 357 g/mol. The topological polar surface area (TPSA) is 74.6 Å². The Bertz CT molecular complexity index is 694. The van der Waals surface area contributed by atoms with E-state index in [4.69, 9.17) is 4.42 Å². The van der Waals surface area contributed by atoms with E-state index in [-0.39, 0.29) is 17.6 Å². The monoisotopic (exact) mass is 357 g/mol. The highest BCUT2D eigenvalue weighted by atomic mass is 16.3. The molecule has 0 atom stereocenters. The number of benzene rings is 1. The number of nitrogens with zero attached hydrogens (tertiary/aromatic N) is 1. The molecule has 0 aliphatic carbocycles. The second-order valence-electron chi connectivity index (χ2n) is 6.31. The number of hydrogen-bond acceptors (Lipinski definition) is 4. The van der Waals surface area contributed by atoms with Gasteiger partial charge in [0.25, 0.3) is 5.91 Å². The van der Waals surface area contributed by atoms with Gasteiger partial charge in [0.2, 0.25) is 5.91 Å². The molecule has 6 nitrogen and oxygen atoms in total. The Balaban J connectivity index is 1.73. The van der Waals surface area contributed by atoms with Gasteiger partial charge in [-0.05, 0) is 63.6 Å². The van der Waals surface area contributed by atoms with Crippen molar-refractivity contribution in [3.05, 3.63) is 48.4 Å². The summed E-state index contributed by atoms with van der Waals surface area (Å²) in [5, 5.41) is 5.61. The van der Waals surface area contributed by atoms with Gasteiger partial charge in [0.05, 0.1) is 6.26 Å². The van der Waals surface area contributed by atoms with Crippen LogP contribution < -0.4 is 15.5 Å². The summed E-state index contributed by atoms with van der Waals surface area (Å²) in [6.07, 6.45) is 2.36. The predicted octanol–water partition coefficient (Wildman–Crippen LogP) is 3.66. The SMILES string of the molecule is CCN(c1ccc(NC(=O)CCCNC(=O)c2ccco2)cc1)C(C)C. The van der Waals surface area contributed by atoms with Gasteiger partial charge >= 0.3 is 0 Å². The number of amides is 2. The van der Waals surface area contributed by atoms with E-state index in [9.17, 15) is 9.59 Å². The summed E-state index contributed by atoms with van der Waals surface area (Å²) in [4.78, 5) is 26.0. The highest BCUT2D eigenvalue weighted by molar-refractivity contribution is 5.92. The lowest BCUT2D eigenvalue weighted by Crippen LogP contribution is -2.30. The van der Waals surface area contributed by atoms with Crippen LogP contribution in [0.3, 0.4) is 0 Å². The lowest BCUT2D eigenvalue weighted by Gasteiger charge is -2.27. The Morgan fingerprint density at radius 1 is 1.15 bits per heavy atom. The number of hydrogen-bond donors (Lipinski definition) is 2. The lowest BCUT2D eigenvalue weighted by molar-refractivity contribution is -0.116. The van der Waals surface area contributed by atoms with Crippen LogP contribution in [0, 0.1) is 0 Å². The zero-order chi connectivity index (χ0) is 18.9. The van der Waals surface area contributed by atoms with Crippen molar-refractivity contribution in [2.45, 2.75) is 39.7 Å². The van der Waals surface area contributed by atoms with E-state index < -0.39 is 0 Å². The first kappa shape index (κ1) is 19.6. The van der Waals surface area contributed by atoms with Gasteiger partial charge in [-0.15, -0.1) is 0 Å². The molecule has 0 aliphatic heterocycles. The molecule has 2 amide bonds. The summed E-state index contributed by atoms with van der Waals surface area (Å²) in [7, 11) is 0. The van der Waals surface area contributed by atoms with E-state index in [1.165, 1.54) is 6.26 Å². The third kappa shape index (κ3) is 5.65. The standard InChI is InChI=1S/C20H27N3O3/c1-4-23(15(2)3)17-11-9-16(10-12-17)22-19(24)8-5-13-21-20(25)18-7-6-14-26-18/h6-7,9-12,14-15H,4-5,8,13H2,1-3H3,(H,21,25)(H,22,24). The van der Waals surface area contributed by atoms with Gasteiger partial charge in [-0.2, -0.15) is 0 Å². The van der Waals surface area contributed by atoms with E-state index >= 15 is 0 Å². The molecule has 2 aromatic rings. The minimum Gasteiger partial charge on any atom is -0.459 e. The molecule has 0 spiro atoms. The molecule has 1 aromatic heterocycles. The van der Waals surface area contributed by atoms with Crippen LogP contribution in [-0.2, 0) is 4.79 Å². The molecule has 0 unspecified atom stereocenters. The second kappa shape index (κ2) is 9.65. The smallest absolute Gasteiger partial charge is 0.286 e. The summed E-state index contributed by atoms with van der Waals surface area (Å²) < 4.78 is 5.01. The van der Waals surface area contributed by atoms with E-state index in [1.807, 2.05) is 24.3 Å². The van der Waals surface area contributed by atoms with Crippen LogP contribution in [-0.4, -0.2) is 30.9 Å². The van der Waals surface area contributed by atoms with Crippen LogP contribution in [0.25, 0.3) is 0 Å². The van der Waals surface area contributed by atoms with Crippen LogP contribution in [0.1, 0.15) is 44.2 Å². The van der Waals surface area contributed by atoms with Gasteiger partial charge in [0, 0.05) is 36.9 Å². The maximum Gasteiger partial charge on any atom is 0.286 e. The average Bonchev–Trinajstić information content (AvgIpc) is 3.15. The van der Waals surface area contributed by atoms with E-state index in [0.717, 1.165) is 17.9 Å². The highest BCUT2D eigenvalue weighted by Gasteiger charge is 2.10. The summed E-state index contributed by atoms with van der Waals surface area (Å²) in [6, 6.07) is 11.6. The van der Waals surface area contributed by atoms with Gasteiger partial charge in [0.1, 0.15) is 0 Å². The number of carbonyl (C=O) groups excluding carboxylic acids is 2. The van der Waals surface area contributed by atoms with Crippen molar-refractivity contribution in [1.82, 2.24) is 5.32 Å². The fourth-order valence-electron chi connectivity index (χ4n) is 2.75. The van der Waals surface area contributed by atoms with Crippen molar-refractivity contribution in [2.24, 2.45) is 0 Å². The Labute approximate surface area is 154 Å². The molecule has 0 radical (unpaired) electrons. The van der Waals surface area contributed by atoms with Gasteiger partial charge in [-0.1, -0.05) is 0 Å². The molecule has 1 heterocycles. The van der Waals surface area contributed by atoms with Crippen LogP contribution in [0.4, 0.5) is 11.4 Å². The molecule has 1 aromatic carbocycles. The fraction of sp³-hybridized carbons (Fsp3) is 0.400. The third-order valence-corrected chi connectivity index (χ3v) is 4.06. The van der Waals surface area contributed by atoms with Crippen molar-refractivity contribution in [1.29, 1.82) is 0 Å². The molecule has 0 bridgehead atoms. The number of anilines is 2. The van der Waals surface area contributed by atoms with Crippen LogP contribution in [0.5, 0.6) is 0 Å². The van der Waals surface area contributed by atoms with E-state index in [0.29, 0.717) is 25.4 Å².